The van der Waals surface area contributed by atoms with Gasteiger partial charge in [0.1, 0.15) is 5.65 Å². The lowest BCUT2D eigenvalue weighted by atomic mass is 10.1. The van der Waals surface area contributed by atoms with Crippen molar-refractivity contribution in [1.82, 2.24) is 9.55 Å². The number of carboxylic acids is 1. The number of aromatic carboxylic acids is 1. The molecule has 2 heterocycles. The average Bonchev–Trinajstić information content (AvgIpc) is 2.54. The first-order valence-corrected chi connectivity index (χ1v) is 4.56. The first kappa shape index (κ1) is 11.4. The van der Waals surface area contributed by atoms with Gasteiger partial charge in [-0.15, -0.1) is 0 Å². The Hall–Kier alpha value is -2.05. The number of fused-ring (bicyclic) bond motifs is 1. The van der Waals surface area contributed by atoms with E-state index in [1.54, 1.807) is 0 Å². The maximum absolute atomic E-state index is 12.5. The van der Waals surface area contributed by atoms with Gasteiger partial charge in [-0.25, -0.2) is 9.78 Å². The van der Waals surface area contributed by atoms with Crippen LogP contribution < -0.4 is 0 Å². The van der Waals surface area contributed by atoms with Crippen LogP contribution in [0.25, 0.3) is 11.0 Å². The summed E-state index contributed by atoms with van der Waals surface area (Å²) in [6.45, 7) is 0. The van der Waals surface area contributed by atoms with Gasteiger partial charge in [0, 0.05) is 24.8 Å². The molecule has 0 unspecified atom stereocenters. The summed E-state index contributed by atoms with van der Waals surface area (Å²) in [6.07, 6.45) is -2.61. The molecule has 2 rings (SSSR count). The minimum atomic E-state index is -4.53. The summed E-state index contributed by atoms with van der Waals surface area (Å²) in [4.78, 5) is 14.5. The summed E-state index contributed by atoms with van der Waals surface area (Å²) in [6, 6.07) is 0.797. The van der Waals surface area contributed by atoms with Crippen molar-refractivity contribution < 1.29 is 23.1 Å². The zero-order valence-corrected chi connectivity index (χ0v) is 8.62. The number of pyridine rings is 1. The highest BCUT2D eigenvalue weighted by Gasteiger charge is 2.32. The van der Waals surface area contributed by atoms with Crippen LogP contribution in [0.2, 0.25) is 0 Å². The van der Waals surface area contributed by atoms with Crippen molar-refractivity contribution in [2.24, 2.45) is 7.05 Å². The number of carbonyl (C=O) groups is 1. The molecular weight excluding hydrogens is 237 g/mol. The lowest BCUT2D eigenvalue weighted by molar-refractivity contribution is -0.137. The van der Waals surface area contributed by atoms with Crippen molar-refractivity contribution >= 4 is 17.0 Å². The minimum Gasteiger partial charge on any atom is -0.478 e. The molecule has 0 saturated carbocycles. The third-order valence-electron chi connectivity index (χ3n) is 2.37. The molecule has 90 valence electrons. The number of aryl methyl sites for hydroxylation is 1. The molecule has 0 atom stereocenters. The maximum Gasteiger partial charge on any atom is 0.417 e. The topological polar surface area (TPSA) is 55.1 Å². The molecule has 2 aromatic rings. The van der Waals surface area contributed by atoms with Gasteiger partial charge < -0.3 is 9.67 Å². The summed E-state index contributed by atoms with van der Waals surface area (Å²) in [5.41, 5.74) is -0.949. The summed E-state index contributed by atoms with van der Waals surface area (Å²) in [5, 5.41) is 8.85. The van der Waals surface area contributed by atoms with Gasteiger partial charge in [0.25, 0.3) is 0 Å². The molecule has 17 heavy (non-hydrogen) atoms. The fraction of sp³-hybridized carbons (Fsp3) is 0.200. The lowest BCUT2D eigenvalue weighted by Gasteiger charge is -2.05. The van der Waals surface area contributed by atoms with E-state index in [9.17, 15) is 18.0 Å². The molecule has 0 fully saturated rings. The Morgan fingerprint density at radius 2 is 2.12 bits per heavy atom. The van der Waals surface area contributed by atoms with Gasteiger partial charge in [0.15, 0.2) is 0 Å². The van der Waals surface area contributed by atoms with Crippen LogP contribution in [0.15, 0.2) is 18.5 Å². The fourth-order valence-electron chi connectivity index (χ4n) is 1.59. The van der Waals surface area contributed by atoms with Crippen molar-refractivity contribution in [1.29, 1.82) is 0 Å². The number of carboxylic acid groups (broad SMARTS) is 1. The van der Waals surface area contributed by atoms with E-state index in [0.717, 1.165) is 6.07 Å². The van der Waals surface area contributed by atoms with Crippen LogP contribution in [0.3, 0.4) is 0 Å². The van der Waals surface area contributed by atoms with Gasteiger partial charge in [0.2, 0.25) is 0 Å². The van der Waals surface area contributed by atoms with Crippen LogP contribution in [-0.2, 0) is 13.2 Å². The van der Waals surface area contributed by atoms with Crippen LogP contribution in [0.5, 0.6) is 0 Å². The average molecular weight is 244 g/mol. The Kier molecular flexibility index (Phi) is 2.34. The van der Waals surface area contributed by atoms with Crippen molar-refractivity contribution in [3.63, 3.8) is 0 Å². The minimum absolute atomic E-state index is 0.0187. The summed E-state index contributed by atoms with van der Waals surface area (Å²) in [7, 11) is 1.52. The van der Waals surface area contributed by atoms with Crippen molar-refractivity contribution in [2.45, 2.75) is 6.18 Å². The summed E-state index contributed by atoms with van der Waals surface area (Å²) >= 11 is 0. The van der Waals surface area contributed by atoms with E-state index in [1.807, 2.05) is 0 Å². The van der Waals surface area contributed by atoms with Gasteiger partial charge in [-0.1, -0.05) is 0 Å². The van der Waals surface area contributed by atoms with Crippen LogP contribution in [0.4, 0.5) is 13.2 Å². The molecule has 2 aromatic heterocycles. The fourth-order valence-corrected chi connectivity index (χ4v) is 1.59. The van der Waals surface area contributed by atoms with E-state index in [0.29, 0.717) is 6.20 Å². The molecule has 0 aliphatic heterocycles. The molecule has 1 N–H and O–H groups in total. The van der Waals surface area contributed by atoms with E-state index in [-0.39, 0.29) is 16.6 Å². The molecule has 0 aliphatic rings. The second-order valence-corrected chi connectivity index (χ2v) is 3.55. The van der Waals surface area contributed by atoms with E-state index in [1.165, 1.54) is 17.8 Å². The highest BCUT2D eigenvalue weighted by Crippen LogP contribution is 2.31. The van der Waals surface area contributed by atoms with Crippen molar-refractivity contribution in [3.8, 4) is 0 Å². The summed E-state index contributed by atoms with van der Waals surface area (Å²) < 4.78 is 38.8. The first-order chi connectivity index (χ1) is 7.80. The molecular formula is C10H7F3N2O2. The first-order valence-electron chi connectivity index (χ1n) is 4.56. The third-order valence-corrected chi connectivity index (χ3v) is 2.37. The SMILES string of the molecule is Cn1cc(C(=O)O)c2cc(C(F)(F)F)cnc21. The number of aromatic nitrogens is 2. The Balaban J connectivity index is 2.75. The zero-order valence-electron chi connectivity index (χ0n) is 8.62. The Morgan fingerprint density at radius 1 is 1.47 bits per heavy atom. The van der Waals surface area contributed by atoms with Crippen LogP contribution >= 0.6 is 0 Å². The second kappa shape index (κ2) is 3.47. The zero-order chi connectivity index (χ0) is 12.8. The Bertz CT molecular complexity index is 601. The predicted molar refractivity (Wildman–Crippen MR) is 52.7 cm³/mol. The molecule has 7 heteroatoms. The normalized spacial score (nSPS) is 12.0. The van der Waals surface area contributed by atoms with Crippen LogP contribution in [-0.4, -0.2) is 20.6 Å². The van der Waals surface area contributed by atoms with E-state index in [4.69, 9.17) is 5.11 Å². The number of hydrogen-bond donors (Lipinski definition) is 1. The lowest BCUT2D eigenvalue weighted by Crippen LogP contribution is -2.05. The smallest absolute Gasteiger partial charge is 0.417 e. The van der Waals surface area contributed by atoms with Gasteiger partial charge in [0.05, 0.1) is 11.1 Å². The molecule has 0 aliphatic carbocycles. The largest absolute Gasteiger partial charge is 0.478 e. The maximum atomic E-state index is 12.5. The van der Waals surface area contributed by atoms with E-state index >= 15 is 0 Å². The molecule has 0 bridgehead atoms. The molecule has 4 nitrogen and oxygen atoms in total. The number of nitrogens with zero attached hydrogens (tertiary/aromatic N) is 2. The van der Waals surface area contributed by atoms with Crippen LogP contribution in [0, 0.1) is 0 Å². The van der Waals surface area contributed by atoms with Gasteiger partial charge in [-0.05, 0) is 6.07 Å². The highest BCUT2D eigenvalue weighted by atomic mass is 19.4. The third kappa shape index (κ3) is 1.83. The van der Waals surface area contributed by atoms with Gasteiger partial charge in [-0.2, -0.15) is 13.2 Å². The molecule has 0 spiro atoms. The Labute approximate surface area is 93.3 Å². The summed E-state index contributed by atoms with van der Waals surface area (Å²) in [5.74, 6) is -1.28. The van der Waals surface area contributed by atoms with Crippen LogP contribution in [0.1, 0.15) is 15.9 Å². The number of rotatable bonds is 1. The highest BCUT2D eigenvalue weighted by molar-refractivity contribution is 6.02. The van der Waals surface area contributed by atoms with E-state index < -0.39 is 17.7 Å². The molecule has 0 radical (unpaired) electrons. The molecule has 0 aromatic carbocycles. The van der Waals surface area contributed by atoms with Crippen molar-refractivity contribution in [3.05, 3.63) is 29.6 Å². The number of halogens is 3. The predicted octanol–water partition coefficient (Wildman–Crippen LogP) is 2.29. The molecule has 0 saturated heterocycles. The standard InChI is InChI=1S/C10H7F3N2O2/c1-15-4-7(9(16)17)6-2-5(10(11,12)13)3-14-8(6)15/h2-4H,1H3,(H,16,17). The van der Waals surface area contributed by atoms with E-state index in [2.05, 4.69) is 4.98 Å². The number of alkyl halides is 3. The van der Waals surface area contributed by atoms with Gasteiger partial charge in [-0.3, -0.25) is 0 Å². The quantitative estimate of drug-likeness (QED) is 0.837. The Morgan fingerprint density at radius 3 is 2.65 bits per heavy atom. The van der Waals surface area contributed by atoms with Crippen molar-refractivity contribution in [2.75, 3.05) is 0 Å². The second-order valence-electron chi connectivity index (χ2n) is 3.55. The monoisotopic (exact) mass is 244 g/mol. The number of hydrogen-bond acceptors (Lipinski definition) is 2. The molecule has 0 amide bonds. The van der Waals surface area contributed by atoms with Gasteiger partial charge >= 0.3 is 12.1 Å².